The molecule has 78 valence electrons. The molecule has 0 aliphatic heterocycles. The van der Waals surface area contributed by atoms with Crippen molar-refractivity contribution in [2.24, 2.45) is 0 Å². The van der Waals surface area contributed by atoms with E-state index in [4.69, 9.17) is 21.4 Å². The molecule has 1 aromatic carbocycles. The van der Waals surface area contributed by atoms with Gasteiger partial charge in [-0.15, -0.1) is 11.8 Å². The fourth-order valence-corrected chi connectivity index (χ4v) is 2.24. The van der Waals surface area contributed by atoms with Gasteiger partial charge in [0.15, 0.2) is 0 Å². The molecule has 14 heavy (non-hydrogen) atoms. The first kappa shape index (κ1) is 11.7. The van der Waals surface area contributed by atoms with E-state index in [0.29, 0.717) is 5.02 Å². The molecule has 0 fully saturated rings. The van der Waals surface area contributed by atoms with Crippen LogP contribution in [-0.4, -0.2) is 24.6 Å². The van der Waals surface area contributed by atoms with Crippen LogP contribution in [0, 0.1) is 0 Å². The van der Waals surface area contributed by atoms with Crippen LogP contribution in [-0.2, 0) is 0 Å². The number of hydrogen-bond acceptors (Lipinski definition) is 3. The van der Waals surface area contributed by atoms with Gasteiger partial charge in [-0.25, -0.2) is 0 Å². The van der Waals surface area contributed by atoms with Gasteiger partial charge in [0.25, 0.3) is 0 Å². The van der Waals surface area contributed by atoms with Crippen LogP contribution in [0.1, 0.15) is 6.42 Å². The van der Waals surface area contributed by atoms with Gasteiger partial charge in [0, 0.05) is 17.4 Å². The number of rotatable bonds is 5. The lowest BCUT2D eigenvalue weighted by molar-refractivity contribution is 0.296. The molecular formula is C10H13ClO2S. The second-order valence-corrected chi connectivity index (χ2v) is 4.29. The predicted octanol–water partition coefficient (Wildman–Crippen LogP) is 2.82. The molecule has 0 unspecified atom stereocenters. The number of ether oxygens (including phenoxy) is 1. The van der Waals surface area contributed by atoms with E-state index < -0.39 is 0 Å². The Bertz CT molecular complexity index is 291. The van der Waals surface area contributed by atoms with Gasteiger partial charge in [-0.05, 0) is 24.6 Å². The molecule has 0 saturated carbocycles. The summed E-state index contributed by atoms with van der Waals surface area (Å²) in [4.78, 5) is 1.02. The molecule has 0 aliphatic carbocycles. The topological polar surface area (TPSA) is 29.5 Å². The summed E-state index contributed by atoms with van der Waals surface area (Å²) >= 11 is 7.51. The third-order valence-electron chi connectivity index (χ3n) is 1.69. The minimum absolute atomic E-state index is 0.218. The highest BCUT2D eigenvalue weighted by Crippen LogP contribution is 2.31. The van der Waals surface area contributed by atoms with Crippen molar-refractivity contribution in [2.45, 2.75) is 11.3 Å². The number of benzene rings is 1. The number of thioether (sulfide) groups is 1. The second-order valence-electron chi connectivity index (χ2n) is 2.72. The van der Waals surface area contributed by atoms with Crippen molar-refractivity contribution in [1.29, 1.82) is 0 Å². The predicted molar refractivity (Wildman–Crippen MR) is 60.4 cm³/mol. The standard InChI is InChI=1S/C10H13ClO2S/c1-13-9-4-3-8(11)7-10(9)14-6-2-5-12/h3-4,7,12H,2,5-6H2,1H3. The first-order valence-corrected chi connectivity index (χ1v) is 5.71. The van der Waals surface area contributed by atoms with Crippen molar-refractivity contribution in [1.82, 2.24) is 0 Å². The first-order valence-electron chi connectivity index (χ1n) is 4.35. The second kappa shape index (κ2) is 6.17. The highest BCUT2D eigenvalue weighted by Gasteiger charge is 2.03. The Hall–Kier alpha value is -0.380. The summed E-state index contributed by atoms with van der Waals surface area (Å²) < 4.78 is 5.19. The lowest BCUT2D eigenvalue weighted by Crippen LogP contribution is -1.89. The number of halogens is 1. The molecule has 0 amide bonds. The zero-order chi connectivity index (χ0) is 10.4. The summed E-state index contributed by atoms with van der Waals surface area (Å²) in [5.74, 6) is 1.70. The molecule has 0 heterocycles. The number of aliphatic hydroxyl groups excluding tert-OH is 1. The molecule has 0 saturated heterocycles. The van der Waals surface area contributed by atoms with Gasteiger partial charge in [0.05, 0.1) is 12.0 Å². The van der Waals surface area contributed by atoms with E-state index in [1.807, 2.05) is 12.1 Å². The molecule has 0 aromatic heterocycles. The summed E-state index contributed by atoms with van der Waals surface area (Å²) in [5.41, 5.74) is 0. The smallest absolute Gasteiger partial charge is 0.132 e. The maximum absolute atomic E-state index is 8.65. The number of methoxy groups -OCH3 is 1. The normalized spacial score (nSPS) is 10.2. The van der Waals surface area contributed by atoms with E-state index in [1.165, 1.54) is 0 Å². The minimum Gasteiger partial charge on any atom is -0.496 e. The molecule has 2 nitrogen and oxygen atoms in total. The lowest BCUT2D eigenvalue weighted by atomic mass is 10.3. The van der Waals surface area contributed by atoms with E-state index >= 15 is 0 Å². The molecule has 0 aliphatic rings. The quantitative estimate of drug-likeness (QED) is 0.625. The summed E-state index contributed by atoms with van der Waals surface area (Å²) in [5, 5.41) is 9.36. The third kappa shape index (κ3) is 3.40. The highest BCUT2D eigenvalue weighted by molar-refractivity contribution is 7.99. The molecular weight excluding hydrogens is 220 g/mol. The summed E-state index contributed by atoms with van der Waals surface area (Å²) in [6, 6.07) is 5.53. The monoisotopic (exact) mass is 232 g/mol. The van der Waals surface area contributed by atoms with Crippen LogP contribution in [0.3, 0.4) is 0 Å². The van der Waals surface area contributed by atoms with Gasteiger partial charge in [-0.3, -0.25) is 0 Å². The van der Waals surface area contributed by atoms with Gasteiger partial charge < -0.3 is 9.84 Å². The molecule has 1 rings (SSSR count). The molecule has 0 atom stereocenters. The molecule has 4 heteroatoms. The van der Waals surface area contributed by atoms with Crippen LogP contribution in [0.4, 0.5) is 0 Å². The van der Waals surface area contributed by atoms with Crippen molar-refractivity contribution >= 4 is 23.4 Å². The lowest BCUT2D eigenvalue weighted by Gasteiger charge is -2.07. The fourth-order valence-electron chi connectivity index (χ4n) is 1.01. The Kier molecular flexibility index (Phi) is 5.15. The Morgan fingerprint density at radius 2 is 2.29 bits per heavy atom. The molecule has 0 bridgehead atoms. The molecule has 1 aromatic rings. The zero-order valence-electron chi connectivity index (χ0n) is 8.00. The first-order chi connectivity index (χ1) is 6.77. The zero-order valence-corrected chi connectivity index (χ0v) is 9.57. The highest BCUT2D eigenvalue weighted by atomic mass is 35.5. The van der Waals surface area contributed by atoms with Crippen molar-refractivity contribution in [3.05, 3.63) is 23.2 Å². The van der Waals surface area contributed by atoms with Gasteiger partial charge in [0.2, 0.25) is 0 Å². The van der Waals surface area contributed by atoms with Crippen LogP contribution < -0.4 is 4.74 Å². The van der Waals surface area contributed by atoms with E-state index in [9.17, 15) is 0 Å². The van der Waals surface area contributed by atoms with Crippen molar-refractivity contribution < 1.29 is 9.84 Å². The molecule has 1 N–H and O–H groups in total. The molecule has 0 spiro atoms. The average Bonchev–Trinajstić information content (AvgIpc) is 2.19. The van der Waals surface area contributed by atoms with Crippen LogP contribution in [0.5, 0.6) is 5.75 Å². The van der Waals surface area contributed by atoms with Crippen molar-refractivity contribution in [3.63, 3.8) is 0 Å². The molecule has 0 radical (unpaired) electrons. The average molecular weight is 233 g/mol. The fraction of sp³-hybridized carbons (Fsp3) is 0.400. The number of aliphatic hydroxyl groups is 1. The van der Waals surface area contributed by atoms with E-state index in [-0.39, 0.29) is 6.61 Å². The van der Waals surface area contributed by atoms with E-state index in [0.717, 1.165) is 22.8 Å². The van der Waals surface area contributed by atoms with Gasteiger partial charge in [0.1, 0.15) is 5.75 Å². The summed E-state index contributed by atoms with van der Waals surface area (Å²) in [6.07, 6.45) is 0.778. The summed E-state index contributed by atoms with van der Waals surface area (Å²) in [6.45, 7) is 0.218. The van der Waals surface area contributed by atoms with E-state index in [2.05, 4.69) is 0 Å². The van der Waals surface area contributed by atoms with Crippen molar-refractivity contribution in [2.75, 3.05) is 19.5 Å². The Balaban J connectivity index is 2.67. The van der Waals surface area contributed by atoms with Crippen LogP contribution in [0.15, 0.2) is 23.1 Å². The Morgan fingerprint density at radius 3 is 2.93 bits per heavy atom. The van der Waals surface area contributed by atoms with Crippen molar-refractivity contribution in [3.8, 4) is 5.75 Å². The van der Waals surface area contributed by atoms with Crippen LogP contribution in [0.2, 0.25) is 5.02 Å². The third-order valence-corrected chi connectivity index (χ3v) is 3.04. The van der Waals surface area contributed by atoms with Gasteiger partial charge in [-0.2, -0.15) is 0 Å². The summed E-state index contributed by atoms with van der Waals surface area (Å²) in [7, 11) is 1.64. The van der Waals surface area contributed by atoms with Gasteiger partial charge >= 0.3 is 0 Å². The SMILES string of the molecule is COc1ccc(Cl)cc1SCCCO. The van der Waals surface area contributed by atoms with E-state index in [1.54, 1.807) is 24.9 Å². The van der Waals surface area contributed by atoms with Gasteiger partial charge in [-0.1, -0.05) is 11.6 Å². The van der Waals surface area contributed by atoms with Crippen LogP contribution >= 0.6 is 23.4 Å². The van der Waals surface area contributed by atoms with Crippen LogP contribution in [0.25, 0.3) is 0 Å². The number of hydrogen-bond donors (Lipinski definition) is 1. The maximum atomic E-state index is 8.65. The Morgan fingerprint density at radius 1 is 1.50 bits per heavy atom. The maximum Gasteiger partial charge on any atom is 0.132 e. The largest absolute Gasteiger partial charge is 0.496 e. The minimum atomic E-state index is 0.218. The Labute approximate surface area is 93.2 Å².